The van der Waals surface area contributed by atoms with Crippen LogP contribution in [0.15, 0.2) is 41.5 Å². The lowest BCUT2D eigenvalue weighted by Crippen LogP contribution is -2.27. The molecule has 0 unspecified atom stereocenters. The van der Waals surface area contributed by atoms with Gasteiger partial charge in [0.1, 0.15) is 12.3 Å². The average molecular weight is 287 g/mol. The number of benzene rings is 1. The van der Waals surface area contributed by atoms with Crippen molar-refractivity contribution in [3.05, 3.63) is 52.7 Å². The van der Waals surface area contributed by atoms with E-state index in [0.29, 0.717) is 23.6 Å². The van der Waals surface area contributed by atoms with Gasteiger partial charge in [0.2, 0.25) is 5.91 Å². The zero-order valence-electron chi connectivity index (χ0n) is 12.0. The van der Waals surface area contributed by atoms with Gasteiger partial charge >= 0.3 is 0 Å². The highest BCUT2D eigenvalue weighted by Crippen LogP contribution is 2.22. The Balaban J connectivity index is 2.10. The normalized spacial score (nSPS) is 10.2. The van der Waals surface area contributed by atoms with Crippen molar-refractivity contribution in [1.29, 1.82) is 0 Å². The van der Waals surface area contributed by atoms with Crippen LogP contribution in [-0.4, -0.2) is 22.6 Å². The monoisotopic (exact) mass is 287 g/mol. The summed E-state index contributed by atoms with van der Waals surface area (Å²) in [5, 5.41) is 2.71. The molecule has 0 saturated heterocycles. The molecule has 0 aliphatic carbocycles. The number of aromatic nitrogens is 2. The molecule has 0 bridgehead atoms. The molecule has 0 spiro atoms. The van der Waals surface area contributed by atoms with Gasteiger partial charge in [-0.2, -0.15) is 0 Å². The SMILES string of the molecule is CCc1cc(=O)n(CC(=O)Nc2ccccc2OC)cn1. The highest BCUT2D eigenvalue weighted by Gasteiger charge is 2.08. The number of carbonyl (C=O) groups is 1. The van der Waals surface area contributed by atoms with Gasteiger partial charge in [0, 0.05) is 11.8 Å². The Morgan fingerprint density at radius 1 is 1.38 bits per heavy atom. The standard InChI is InChI=1S/C15H17N3O3/c1-3-11-8-15(20)18(10-16-11)9-14(19)17-12-6-4-5-7-13(12)21-2/h4-8,10H,3,9H2,1-2H3,(H,17,19). The molecule has 1 N–H and O–H groups in total. The van der Waals surface area contributed by atoms with Crippen LogP contribution in [-0.2, 0) is 17.8 Å². The second-order valence-electron chi connectivity index (χ2n) is 4.45. The fourth-order valence-electron chi connectivity index (χ4n) is 1.87. The average Bonchev–Trinajstić information content (AvgIpc) is 2.49. The van der Waals surface area contributed by atoms with Crippen LogP contribution in [0.2, 0.25) is 0 Å². The third-order valence-electron chi connectivity index (χ3n) is 2.99. The summed E-state index contributed by atoms with van der Waals surface area (Å²) in [7, 11) is 1.53. The second-order valence-corrected chi connectivity index (χ2v) is 4.45. The van der Waals surface area contributed by atoms with Gasteiger partial charge in [0.05, 0.1) is 19.1 Å². The van der Waals surface area contributed by atoms with Gasteiger partial charge in [-0.25, -0.2) is 4.98 Å². The number of hydrogen-bond donors (Lipinski definition) is 1. The first kappa shape index (κ1) is 14.8. The van der Waals surface area contributed by atoms with Gasteiger partial charge in [-0.15, -0.1) is 0 Å². The minimum atomic E-state index is -0.312. The van der Waals surface area contributed by atoms with Crippen LogP contribution >= 0.6 is 0 Å². The Labute approximate surface area is 122 Å². The number of anilines is 1. The lowest BCUT2D eigenvalue weighted by atomic mass is 10.3. The summed E-state index contributed by atoms with van der Waals surface area (Å²) in [4.78, 5) is 27.9. The Bertz CT molecular complexity index is 695. The van der Waals surface area contributed by atoms with E-state index in [2.05, 4.69) is 10.3 Å². The van der Waals surface area contributed by atoms with Crippen molar-refractivity contribution in [3.63, 3.8) is 0 Å². The van der Waals surface area contributed by atoms with Crippen molar-refractivity contribution in [2.24, 2.45) is 0 Å². The van der Waals surface area contributed by atoms with Crippen molar-refractivity contribution in [1.82, 2.24) is 9.55 Å². The van der Waals surface area contributed by atoms with Crippen molar-refractivity contribution >= 4 is 11.6 Å². The van der Waals surface area contributed by atoms with E-state index in [9.17, 15) is 9.59 Å². The summed E-state index contributed by atoms with van der Waals surface area (Å²) >= 11 is 0. The van der Waals surface area contributed by atoms with Gasteiger partial charge in [0.15, 0.2) is 0 Å². The van der Waals surface area contributed by atoms with Crippen LogP contribution < -0.4 is 15.6 Å². The van der Waals surface area contributed by atoms with Crippen LogP contribution in [0.4, 0.5) is 5.69 Å². The van der Waals surface area contributed by atoms with E-state index >= 15 is 0 Å². The molecule has 1 aromatic heterocycles. The number of rotatable bonds is 5. The molecular weight excluding hydrogens is 270 g/mol. The molecule has 0 atom stereocenters. The summed E-state index contributed by atoms with van der Waals surface area (Å²) < 4.78 is 6.42. The van der Waals surface area contributed by atoms with E-state index in [-0.39, 0.29) is 18.0 Å². The van der Waals surface area contributed by atoms with Gasteiger partial charge in [0.25, 0.3) is 5.56 Å². The Kier molecular flexibility index (Phi) is 4.71. The number of hydrogen-bond acceptors (Lipinski definition) is 4. The van der Waals surface area contributed by atoms with Crippen LogP contribution in [0, 0.1) is 0 Å². The van der Waals surface area contributed by atoms with Crippen LogP contribution in [0.25, 0.3) is 0 Å². The Morgan fingerprint density at radius 3 is 2.81 bits per heavy atom. The molecule has 0 radical (unpaired) electrons. The molecule has 2 rings (SSSR count). The number of para-hydroxylation sites is 2. The smallest absolute Gasteiger partial charge is 0.253 e. The molecule has 1 amide bonds. The third kappa shape index (κ3) is 3.68. The lowest BCUT2D eigenvalue weighted by molar-refractivity contribution is -0.116. The fourth-order valence-corrected chi connectivity index (χ4v) is 1.87. The van der Waals surface area contributed by atoms with Gasteiger partial charge < -0.3 is 10.1 Å². The molecule has 21 heavy (non-hydrogen) atoms. The first-order chi connectivity index (χ1) is 10.1. The zero-order chi connectivity index (χ0) is 15.2. The summed E-state index contributed by atoms with van der Waals surface area (Å²) in [6, 6.07) is 8.53. The first-order valence-electron chi connectivity index (χ1n) is 6.62. The number of nitrogens with zero attached hydrogens (tertiary/aromatic N) is 2. The van der Waals surface area contributed by atoms with Crippen LogP contribution in [0.3, 0.4) is 0 Å². The number of carbonyl (C=O) groups excluding carboxylic acids is 1. The Hall–Kier alpha value is -2.63. The van der Waals surface area contributed by atoms with Gasteiger partial charge in [-0.1, -0.05) is 19.1 Å². The molecule has 1 heterocycles. The zero-order valence-corrected chi connectivity index (χ0v) is 12.0. The number of nitrogens with one attached hydrogen (secondary N) is 1. The van der Waals surface area contributed by atoms with Crippen molar-refractivity contribution in [2.45, 2.75) is 19.9 Å². The molecule has 0 aliphatic rings. The molecular formula is C15H17N3O3. The van der Waals surface area contributed by atoms with E-state index in [1.54, 1.807) is 18.2 Å². The molecule has 1 aromatic carbocycles. The fraction of sp³-hybridized carbons (Fsp3) is 0.267. The van der Waals surface area contributed by atoms with Crippen LogP contribution in [0.1, 0.15) is 12.6 Å². The number of amides is 1. The third-order valence-corrected chi connectivity index (χ3v) is 2.99. The van der Waals surface area contributed by atoms with Crippen molar-refractivity contribution in [2.75, 3.05) is 12.4 Å². The lowest BCUT2D eigenvalue weighted by Gasteiger charge is -2.10. The van der Waals surface area contributed by atoms with E-state index in [1.165, 1.54) is 24.1 Å². The van der Waals surface area contributed by atoms with E-state index in [0.717, 1.165) is 0 Å². The quantitative estimate of drug-likeness (QED) is 0.903. The van der Waals surface area contributed by atoms with Gasteiger partial charge in [-0.05, 0) is 18.6 Å². The highest BCUT2D eigenvalue weighted by atomic mass is 16.5. The largest absolute Gasteiger partial charge is 0.495 e. The van der Waals surface area contributed by atoms with Crippen molar-refractivity contribution < 1.29 is 9.53 Å². The molecule has 0 saturated carbocycles. The molecule has 2 aromatic rings. The maximum absolute atomic E-state index is 12.0. The molecule has 0 aliphatic heterocycles. The van der Waals surface area contributed by atoms with Crippen LogP contribution in [0.5, 0.6) is 5.75 Å². The number of aryl methyl sites for hydroxylation is 1. The maximum Gasteiger partial charge on any atom is 0.253 e. The minimum absolute atomic E-state index is 0.0894. The highest BCUT2D eigenvalue weighted by molar-refractivity contribution is 5.92. The van der Waals surface area contributed by atoms with E-state index in [4.69, 9.17) is 4.74 Å². The summed E-state index contributed by atoms with van der Waals surface area (Å²) in [6.07, 6.45) is 2.08. The predicted octanol–water partition coefficient (Wildman–Crippen LogP) is 1.45. The van der Waals surface area contributed by atoms with Gasteiger partial charge in [-0.3, -0.25) is 14.2 Å². The molecule has 6 nitrogen and oxygen atoms in total. The maximum atomic E-state index is 12.0. The second kappa shape index (κ2) is 6.69. The summed E-state index contributed by atoms with van der Waals surface area (Å²) in [5.74, 6) is 0.255. The van der Waals surface area contributed by atoms with E-state index in [1.807, 2.05) is 13.0 Å². The topological polar surface area (TPSA) is 73.2 Å². The molecule has 0 fully saturated rings. The van der Waals surface area contributed by atoms with Crippen molar-refractivity contribution in [3.8, 4) is 5.75 Å². The molecule has 6 heteroatoms. The Morgan fingerprint density at radius 2 is 2.14 bits per heavy atom. The summed E-state index contributed by atoms with van der Waals surface area (Å²) in [6.45, 7) is 1.83. The first-order valence-corrected chi connectivity index (χ1v) is 6.62. The molecule has 110 valence electrons. The number of methoxy groups -OCH3 is 1. The van der Waals surface area contributed by atoms with E-state index < -0.39 is 0 Å². The number of ether oxygens (including phenoxy) is 1. The predicted molar refractivity (Wildman–Crippen MR) is 79.5 cm³/mol. The minimum Gasteiger partial charge on any atom is -0.495 e. The summed E-state index contributed by atoms with van der Waals surface area (Å²) in [5.41, 5.74) is 1.04.